The van der Waals surface area contributed by atoms with E-state index in [1.807, 2.05) is 30.3 Å². The van der Waals surface area contributed by atoms with Crippen LogP contribution in [0.3, 0.4) is 0 Å². The van der Waals surface area contributed by atoms with Crippen LogP contribution in [0.25, 0.3) is 10.8 Å². The Hall–Kier alpha value is -2.03. The van der Waals surface area contributed by atoms with Crippen molar-refractivity contribution >= 4 is 16.7 Å². The van der Waals surface area contributed by atoms with Gasteiger partial charge in [0.2, 0.25) is 0 Å². The monoisotopic (exact) mass is 411 g/mol. The topological polar surface area (TPSA) is 49.3 Å². The number of nitrogens with one attached hydrogen (secondary N) is 1. The third kappa shape index (κ3) is 8.77. The molecule has 1 amide bonds. The van der Waals surface area contributed by atoms with Crippen molar-refractivity contribution in [2.24, 2.45) is 0 Å². The predicted molar refractivity (Wildman–Crippen MR) is 128 cm³/mol. The first kappa shape index (κ1) is 24.2. The Labute approximate surface area is 183 Å². The molecule has 0 aliphatic carbocycles. The fraction of sp³-hybridized carbons (Fsp3) is 0.593. The maximum atomic E-state index is 12.4. The number of carbonyl (C=O) groups is 1. The first-order valence-corrected chi connectivity index (χ1v) is 12.2. The minimum absolute atomic E-state index is 0.0755. The Balaban J connectivity index is 1.47. The molecule has 0 unspecified atom stereocenters. The van der Waals surface area contributed by atoms with Crippen LogP contribution in [0.5, 0.6) is 5.75 Å². The zero-order valence-electron chi connectivity index (χ0n) is 18.9. The van der Waals surface area contributed by atoms with Gasteiger partial charge in [0.25, 0.3) is 5.91 Å². The smallest absolute Gasteiger partial charge is 0.255 e. The van der Waals surface area contributed by atoms with E-state index in [9.17, 15) is 9.90 Å². The Morgan fingerprint density at radius 3 is 1.87 bits per heavy atom. The van der Waals surface area contributed by atoms with Gasteiger partial charge in [0.1, 0.15) is 5.75 Å². The van der Waals surface area contributed by atoms with E-state index in [2.05, 4.69) is 12.2 Å². The third-order valence-corrected chi connectivity index (χ3v) is 5.96. The fourth-order valence-electron chi connectivity index (χ4n) is 4.06. The van der Waals surface area contributed by atoms with Crippen LogP contribution in [0.2, 0.25) is 0 Å². The number of hydrogen-bond acceptors (Lipinski definition) is 2. The summed E-state index contributed by atoms with van der Waals surface area (Å²) in [5.41, 5.74) is 0.360. The van der Waals surface area contributed by atoms with Crippen LogP contribution in [0.4, 0.5) is 0 Å². The first-order chi connectivity index (χ1) is 14.7. The normalized spacial score (nSPS) is 11.1. The predicted octanol–water partition coefficient (Wildman–Crippen LogP) is 7.76. The molecule has 0 atom stereocenters. The van der Waals surface area contributed by atoms with E-state index in [0.717, 1.165) is 23.6 Å². The van der Waals surface area contributed by atoms with Crippen LogP contribution in [0, 0.1) is 0 Å². The maximum absolute atomic E-state index is 12.4. The summed E-state index contributed by atoms with van der Waals surface area (Å²) in [4.78, 5) is 12.4. The number of carbonyl (C=O) groups excluding carboxylic acids is 1. The van der Waals surface area contributed by atoms with Gasteiger partial charge < -0.3 is 10.4 Å². The van der Waals surface area contributed by atoms with Crippen LogP contribution in [0.15, 0.2) is 36.4 Å². The number of amides is 1. The second-order valence-electron chi connectivity index (χ2n) is 8.53. The quantitative estimate of drug-likeness (QED) is 0.277. The van der Waals surface area contributed by atoms with Crippen molar-refractivity contribution < 1.29 is 9.90 Å². The molecule has 166 valence electrons. The number of rotatable bonds is 16. The maximum Gasteiger partial charge on any atom is 0.255 e. The molecule has 0 bridgehead atoms. The summed E-state index contributed by atoms with van der Waals surface area (Å²) in [7, 11) is 0. The van der Waals surface area contributed by atoms with Crippen LogP contribution < -0.4 is 5.32 Å². The van der Waals surface area contributed by atoms with Gasteiger partial charge in [0.15, 0.2) is 0 Å². The molecule has 3 nitrogen and oxygen atoms in total. The lowest BCUT2D eigenvalue weighted by Crippen LogP contribution is -2.24. The molecule has 2 aromatic carbocycles. The van der Waals surface area contributed by atoms with Gasteiger partial charge in [-0.2, -0.15) is 0 Å². The Morgan fingerprint density at radius 2 is 1.27 bits per heavy atom. The highest BCUT2D eigenvalue weighted by atomic mass is 16.3. The highest BCUT2D eigenvalue weighted by Gasteiger charge is 2.12. The number of unbranched alkanes of at least 4 members (excludes halogenated alkanes) is 13. The number of phenolic OH excluding ortho intramolecular Hbond substituents is 1. The summed E-state index contributed by atoms with van der Waals surface area (Å²) in [6, 6.07) is 11.2. The number of benzene rings is 2. The first-order valence-electron chi connectivity index (χ1n) is 12.2. The fourth-order valence-corrected chi connectivity index (χ4v) is 4.06. The van der Waals surface area contributed by atoms with Gasteiger partial charge in [-0.25, -0.2) is 0 Å². The van der Waals surface area contributed by atoms with Gasteiger partial charge in [0.05, 0.1) is 5.56 Å². The lowest BCUT2D eigenvalue weighted by molar-refractivity contribution is 0.0950. The van der Waals surface area contributed by atoms with Gasteiger partial charge in [-0.3, -0.25) is 4.79 Å². The van der Waals surface area contributed by atoms with Gasteiger partial charge in [0, 0.05) is 11.9 Å². The van der Waals surface area contributed by atoms with Crippen LogP contribution >= 0.6 is 0 Å². The molecule has 0 aliphatic rings. The van der Waals surface area contributed by atoms with Crippen molar-refractivity contribution in [1.29, 1.82) is 0 Å². The molecule has 0 aliphatic heterocycles. The average Bonchev–Trinajstić information content (AvgIpc) is 2.76. The lowest BCUT2D eigenvalue weighted by Gasteiger charge is -2.09. The Kier molecular flexibility index (Phi) is 12.0. The summed E-state index contributed by atoms with van der Waals surface area (Å²) in [5.74, 6) is -0.112. The standard InChI is InChI=1S/C27H41NO2/c1-2-3-4-5-6-7-8-9-10-11-12-13-14-17-22-28-27(30)25-21-20-23-18-15-16-19-24(23)26(25)29/h15-16,18-21,29H,2-14,17,22H2,1H3,(H,28,30). The van der Waals surface area contributed by atoms with E-state index in [4.69, 9.17) is 0 Å². The van der Waals surface area contributed by atoms with Gasteiger partial charge >= 0.3 is 0 Å². The van der Waals surface area contributed by atoms with Crippen molar-refractivity contribution in [1.82, 2.24) is 5.32 Å². The molecule has 0 fully saturated rings. The number of fused-ring (bicyclic) bond motifs is 1. The molecule has 2 N–H and O–H groups in total. The Bertz CT molecular complexity index is 741. The minimum atomic E-state index is -0.187. The van der Waals surface area contributed by atoms with Crippen LogP contribution in [-0.4, -0.2) is 17.6 Å². The van der Waals surface area contributed by atoms with E-state index >= 15 is 0 Å². The van der Waals surface area contributed by atoms with Gasteiger partial charge in [-0.15, -0.1) is 0 Å². The molecular formula is C27H41NO2. The zero-order valence-corrected chi connectivity index (χ0v) is 18.9. The third-order valence-electron chi connectivity index (χ3n) is 5.96. The second kappa shape index (κ2) is 14.9. The number of hydrogen-bond donors (Lipinski definition) is 2. The molecule has 30 heavy (non-hydrogen) atoms. The molecular weight excluding hydrogens is 370 g/mol. The van der Waals surface area contributed by atoms with E-state index in [1.165, 1.54) is 77.0 Å². The van der Waals surface area contributed by atoms with Gasteiger partial charge in [-0.05, 0) is 17.9 Å². The molecule has 0 heterocycles. The summed E-state index contributed by atoms with van der Waals surface area (Å²) in [6.45, 7) is 2.94. The summed E-state index contributed by atoms with van der Waals surface area (Å²) in [5, 5.41) is 15.0. The van der Waals surface area contributed by atoms with Crippen LogP contribution in [-0.2, 0) is 0 Å². The SMILES string of the molecule is CCCCCCCCCCCCCCCCNC(=O)c1ccc2ccccc2c1O. The highest BCUT2D eigenvalue weighted by Crippen LogP contribution is 2.28. The van der Waals surface area contributed by atoms with E-state index in [1.54, 1.807) is 6.07 Å². The Morgan fingerprint density at radius 1 is 0.733 bits per heavy atom. The van der Waals surface area contributed by atoms with E-state index in [0.29, 0.717) is 12.1 Å². The van der Waals surface area contributed by atoms with Crippen molar-refractivity contribution in [3.63, 3.8) is 0 Å². The average molecular weight is 412 g/mol. The summed E-state index contributed by atoms with van der Waals surface area (Å²) < 4.78 is 0. The summed E-state index contributed by atoms with van der Waals surface area (Å²) in [6.07, 6.45) is 18.6. The largest absolute Gasteiger partial charge is 0.506 e. The summed E-state index contributed by atoms with van der Waals surface area (Å²) >= 11 is 0. The molecule has 3 heteroatoms. The number of phenols is 1. The molecule has 0 saturated carbocycles. The second-order valence-corrected chi connectivity index (χ2v) is 8.53. The van der Waals surface area contributed by atoms with Gasteiger partial charge in [-0.1, -0.05) is 121 Å². The molecule has 0 radical (unpaired) electrons. The van der Waals surface area contributed by atoms with E-state index in [-0.39, 0.29) is 11.7 Å². The van der Waals surface area contributed by atoms with E-state index < -0.39 is 0 Å². The molecule has 0 spiro atoms. The van der Waals surface area contributed by atoms with Crippen molar-refractivity contribution in [2.45, 2.75) is 96.8 Å². The van der Waals surface area contributed by atoms with Crippen molar-refractivity contribution in [2.75, 3.05) is 6.54 Å². The lowest BCUT2D eigenvalue weighted by atomic mass is 10.0. The number of aromatic hydroxyl groups is 1. The van der Waals surface area contributed by atoms with Crippen molar-refractivity contribution in [3.05, 3.63) is 42.0 Å². The molecule has 0 saturated heterocycles. The molecule has 0 aromatic heterocycles. The van der Waals surface area contributed by atoms with Crippen LogP contribution in [0.1, 0.15) is 107 Å². The highest BCUT2D eigenvalue weighted by molar-refractivity contribution is 6.03. The minimum Gasteiger partial charge on any atom is -0.506 e. The molecule has 2 rings (SSSR count). The zero-order chi connectivity index (χ0) is 21.4. The van der Waals surface area contributed by atoms with Crippen molar-refractivity contribution in [3.8, 4) is 5.75 Å². The molecule has 2 aromatic rings.